The number of hydrogen-bond donors (Lipinski definition) is 1. The molecule has 0 spiro atoms. The van der Waals surface area contributed by atoms with E-state index in [1.807, 2.05) is 6.07 Å². The molecule has 1 N–H and O–H groups in total. The van der Waals surface area contributed by atoms with E-state index in [1.165, 1.54) is 18.9 Å². The van der Waals surface area contributed by atoms with E-state index >= 15 is 0 Å². The molecule has 1 saturated carbocycles. The van der Waals surface area contributed by atoms with Crippen molar-refractivity contribution in [1.82, 2.24) is 10.2 Å². The summed E-state index contributed by atoms with van der Waals surface area (Å²) < 4.78 is 13.3. The lowest BCUT2D eigenvalue weighted by Crippen LogP contribution is -2.40. The first-order valence-electron chi connectivity index (χ1n) is 7.32. The molecule has 2 unspecified atom stereocenters. The minimum Gasteiger partial charge on any atom is -0.308 e. The van der Waals surface area contributed by atoms with Crippen LogP contribution in [0.4, 0.5) is 4.39 Å². The maximum absolute atomic E-state index is 13.3. The molecule has 2 atom stereocenters. The Labute approximate surface area is 116 Å². The number of halogens is 1. The summed E-state index contributed by atoms with van der Waals surface area (Å²) >= 11 is 0. The maximum atomic E-state index is 13.3. The van der Waals surface area contributed by atoms with Crippen LogP contribution in [0.1, 0.15) is 44.7 Å². The highest BCUT2D eigenvalue weighted by molar-refractivity contribution is 5.20. The summed E-state index contributed by atoms with van der Waals surface area (Å²) in [5.74, 6) is -0.152. The zero-order valence-electron chi connectivity index (χ0n) is 12.2. The molecule has 0 saturated heterocycles. The third-order valence-electron chi connectivity index (χ3n) is 4.14. The highest BCUT2D eigenvalue weighted by atomic mass is 19.1. The molecule has 1 aliphatic rings. The highest BCUT2D eigenvalue weighted by Gasteiger charge is 2.29. The fourth-order valence-corrected chi connectivity index (χ4v) is 2.52. The first-order valence-corrected chi connectivity index (χ1v) is 7.32. The second kappa shape index (κ2) is 6.49. The third-order valence-corrected chi connectivity index (χ3v) is 4.14. The van der Waals surface area contributed by atoms with Crippen molar-refractivity contribution < 1.29 is 4.39 Å². The molecule has 0 bridgehead atoms. The van der Waals surface area contributed by atoms with Crippen LogP contribution in [0.3, 0.4) is 0 Å². The molecule has 19 heavy (non-hydrogen) atoms. The van der Waals surface area contributed by atoms with Crippen molar-refractivity contribution in [3.05, 3.63) is 35.6 Å². The van der Waals surface area contributed by atoms with Crippen LogP contribution in [0.2, 0.25) is 0 Å². The summed E-state index contributed by atoms with van der Waals surface area (Å²) in [7, 11) is 2.20. The zero-order chi connectivity index (χ0) is 13.8. The summed E-state index contributed by atoms with van der Waals surface area (Å²) in [5, 5.41) is 3.57. The molecule has 2 rings (SSSR count). The molecule has 1 aromatic rings. The molecule has 1 aliphatic carbocycles. The van der Waals surface area contributed by atoms with Crippen molar-refractivity contribution >= 4 is 0 Å². The van der Waals surface area contributed by atoms with Crippen LogP contribution in [0.25, 0.3) is 0 Å². The van der Waals surface area contributed by atoms with Crippen molar-refractivity contribution in [2.45, 2.75) is 51.2 Å². The molecule has 0 heterocycles. The first-order chi connectivity index (χ1) is 9.11. The summed E-state index contributed by atoms with van der Waals surface area (Å²) in [5.41, 5.74) is 1.05. The summed E-state index contributed by atoms with van der Waals surface area (Å²) in [4.78, 5) is 2.45. The minimum atomic E-state index is -0.152. The molecule has 0 amide bonds. The van der Waals surface area contributed by atoms with Gasteiger partial charge in [-0.25, -0.2) is 4.39 Å². The van der Waals surface area contributed by atoms with Gasteiger partial charge in [0.15, 0.2) is 0 Å². The van der Waals surface area contributed by atoms with E-state index in [1.54, 1.807) is 12.1 Å². The van der Waals surface area contributed by atoms with E-state index in [4.69, 9.17) is 0 Å². The normalized spacial score (nSPS) is 18.6. The quantitative estimate of drug-likeness (QED) is 0.812. The van der Waals surface area contributed by atoms with Crippen molar-refractivity contribution in [2.24, 2.45) is 0 Å². The van der Waals surface area contributed by atoms with E-state index in [0.29, 0.717) is 6.04 Å². The van der Waals surface area contributed by atoms with Crippen molar-refractivity contribution in [3.8, 4) is 0 Å². The zero-order valence-corrected chi connectivity index (χ0v) is 12.2. The van der Waals surface area contributed by atoms with Crippen molar-refractivity contribution in [1.29, 1.82) is 0 Å². The molecular formula is C16H25FN2. The highest BCUT2D eigenvalue weighted by Crippen LogP contribution is 2.27. The van der Waals surface area contributed by atoms with Gasteiger partial charge < -0.3 is 5.32 Å². The lowest BCUT2D eigenvalue weighted by atomic mass is 10.0. The second-order valence-electron chi connectivity index (χ2n) is 5.67. The Balaban J connectivity index is 1.88. The van der Waals surface area contributed by atoms with Crippen LogP contribution in [-0.4, -0.2) is 30.6 Å². The van der Waals surface area contributed by atoms with Crippen LogP contribution in [0.5, 0.6) is 0 Å². The predicted molar refractivity (Wildman–Crippen MR) is 77.7 cm³/mol. The largest absolute Gasteiger partial charge is 0.308 e. The molecule has 0 aromatic heterocycles. The fourth-order valence-electron chi connectivity index (χ4n) is 2.52. The topological polar surface area (TPSA) is 15.3 Å². The molecule has 1 fully saturated rings. The van der Waals surface area contributed by atoms with Gasteiger partial charge in [-0.15, -0.1) is 0 Å². The van der Waals surface area contributed by atoms with E-state index in [2.05, 4.69) is 31.1 Å². The number of nitrogens with one attached hydrogen (secondary N) is 1. The standard InChI is InChI=1S/C16H25FN2/c1-4-16(13-6-5-7-14(17)10-13)18-11-12(2)19(3)15-8-9-15/h5-7,10,12,15-16,18H,4,8-9,11H2,1-3H3. The number of hydrogen-bond acceptors (Lipinski definition) is 2. The van der Waals surface area contributed by atoms with Gasteiger partial charge in [0.2, 0.25) is 0 Å². The van der Waals surface area contributed by atoms with Gasteiger partial charge in [0.05, 0.1) is 0 Å². The van der Waals surface area contributed by atoms with Gasteiger partial charge in [-0.1, -0.05) is 19.1 Å². The molecule has 3 heteroatoms. The summed E-state index contributed by atoms with van der Waals surface area (Å²) in [6.45, 7) is 5.34. The summed E-state index contributed by atoms with van der Waals surface area (Å²) in [6, 6.07) is 8.47. The van der Waals surface area contributed by atoms with Gasteiger partial charge in [0.1, 0.15) is 5.82 Å². The van der Waals surface area contributed by atoms with Crippen molar-refractivity contribution in [2.75, 3.05) is 13.6 Å². The van der Waals surface area contributed by atoms with Crippen LogP contribution < -0.4 is 5.32 Å². The van der Waals surface area contributed by atoms with E-state index < -0.39 is 0 Å². The lowest BCUT2D eigenvalue weighted by molar-refractivity contribution is 0.235. The van der Waals surface area contributed by atoms with Gasteiger partial charge >= 0.3 is 0 Å². The Morgan fingerprint density at radius 3 is 2.74 bits per heavy atom. The molecule has 0 aliphatic heterocycles. The number of likely N-dealkylation sites (N-methyl/N-ethyl adjacent to an activating group) is 1. The SMILES string of the molecule is CCC(NCC(C)N(C)C1CC1)c1cccc(F)c1. The average Bonchev–Trinajstić information content (AvgIpc) is 3.22. The Bertz CT molecular complexity index is 403. The average molecular weight is 264 g/mol. The smallest absolute Gasteiger partial charge is 0.123 e. The first kappa shape index (κ1) is 14.5. The molecule has 2 nitrogen and oxygen atoms in total. The van der Waals surface area contributed by atoms with Gasteiger partial charge in [-0.2, -0.15) is 0 Å². The predicted octanol–water partition coefficient (Wildman–Crippen LogP) is 3.35. The second-order valence-corrected chi connectivity index (χ2v) is 5.67. The van der Waals surface area contributed by atoms with Crippen LogP contribution in [0, 0.1) is 5.82 Å². The minimum absolute atomic E-state index is 0.152. The Kier molecular flexibility index (Phi) is 4.94. The monoisotopic (exact) mass is 264 g/mol. The van der Waals surface area contributed by atoms with Crippen LogP contribution in [0.15, 0.2) is 24.3 Å². The fraction of sp³-hybridized carbons (Fsp3) is 0.625. The maximum Gasteiger partial charge on any atom is 0.123 e. The Morgan fingerprint density at radius 2 is 2.16 bits per heavy atom. The van der Waals surface area contributed by atoms with E-state index in [-0.39, 0.29) is 11.9 Å². The van der Waals surface area contributed by atoms with E-state index in [0.717, 1.165) is 24.6 Å². The number of rotatable bonds is 7. The molecule has 0 radical (unpaired) electrons. The third kappa shape index (κ3) is 4.02. The van der Waals surface area contributed by atoms with Gasteiger partial charge in [-0.05, 0) is 50.9 Å². The lowest BCUT2D eigenvalue weighted by Gasteiger charge is -2.27. The molecule has 106 valence electrons. The Hall–Kier alpha value is -0.930. The van der Waals surface area contributed by atoms with Crippen LogP contribution in [-0.2, 0) is 0 Å². The summed E-state index contributed by atoms with van der Waals surface area (Å²) in [6.07, 6.45) is 3.65. The Morgan fingerprint density at radius 1 is 1.42 bits per heavy atom. The van der Waals surface area contributed by atoms with Gasteiger partial charge in [0, 0.05) is 24.7 Å². The van der Waals surface area contributed by atoms with E-state index in [9.17, 15) is 4.39 Å². The molecule has 1 aromatic carbocycles. The van der Waals surface area contributed by atoms with Crippen LogP contribution >= 0.6 is 0 Å². The molecular weight excluding hydrogens is 239 g/mol. The van der Waals surface area contributed by atoms with Crippen molar-refractivity contribution in [3.63, 3.8) is 0 Å². The van der Waals surface area contributed by atoms with Gasteiger partial charge in [-0.3, -0.25) is 4.90 Å². The number of benzene rings is 1. The number of nitrogens with zero attached hydrogens (tertiary/aromatic N) is 1. The van der Waals surface area contributed by atoms with Gasteiger partial charge in [0.25, 0.3) is 0 Å².